The summed E-state index contributed by atoms with van der Waals surface area (Å²) in [6.45, 7) is 4.28. The number of aliphatic imine (C=N–C) groups is 1. The molecule has 1 aromatic rings. The zero-order valence-corrected chi connectivity index (χ0v) is 13.6. The molecule has 22 heavy (non-hydrogen) atoms. The Labute approximate surface area is 132 Å². The Hall–Kier alpha value is -2.11. The molecular weight excluding hydrogens is 278 g/mol. The predicted octanol–water partition coefficient (Wildman–Crippen LogP) is 1.56. The predicted molar refractivity (Wildman–Crippen MR) is 90.1 cm³/mol. The third kappa shape index (κ3) is 7.61. The van der Waals surface area contributed by atoms with Crippen molar-refractivity contribution in [3.63, 3.8) is 0 Å². The average molecular weight is 305 g/mol. The van der Waals surface area contributed by atoms with Crippen molar-refractivity contribution in [2.45, 2.75) is 32.6 Å². The minimum atomic E-state index is -0.114. The number of aromatic nitrogens is 1. The van der Waals surface area contributed by atoms with Crippen molar-refractivity contribution in [3.05, 3.63) is 30.1 Å². The van der Waals surface area contributed by atoms with Crippen LogP contribution in [0.15, 0.2) is 29.5 Å². The molecule has 6 nitrogen and oxygen atoms in total. The lowest BCUT2D eigenvalue weighted by Crippen LogP contribution is -2.41. The Kier molecular flexibility index (Phi) is 9.41. The van der Waals surface area contributed by atoms with E-state index in [1.54, 1.807) is 31.6 Å². The number of hydrogen-bond donors (Lipinski definition) is 3. The number of nitrogens with zero attached hydrogens (tertiary/aromatic N) is 2. The van der Waals surface area contributed by atoms with E-state index in [2.05, 4.69) is 32.9 Å². The van der Waals surface area contributed by atoms with Crippen LogP contribution in [0, 0.1) is 0 Å². The molecule has 0 bridgehead atoms. The highest BCUT2D eigenvalue weighted by Crippen LogP contribution is 1.96. The number of carbonyl (C=O) groups excluding carboxylic acids is 1. The van der Waals surface area contributed by atoms with Gasteiger partial charge in [-0.05, 0) is 18.6 Å². The third-order valence-corrected chi connectivity index (χ3v) is 3.17. The second-order valence-electron chi connectivity index (χ2n) is 4.98. The Bertz CT molecular complexity index is 447. The molecule has 0 unspecified atom stereocenters. The van der Waals surface area contributed by atoms with Gasteiger partial charge in [-0.3, -0.25) is 14.8 Å². The molecule has 1 amide bonds. The summed E-state index contributed by atoms with van der Waals surface area (Å²) < 4.78 is 0. The molecule has 0 saturated carbocycles. The minimum absolute atomic E-state index is 0.114. The molecule has 0 aliphatic heterocycles. The molecule has 0 aromatic carbocycles. The summed E-state index contributed by atoms with van der Waals surface area (Å²) in [6.07, 6.45) is 8.10. The van der Waals surface area contributed by atoms with E-state index in [0.29, 0.717) is 18.7 Å². The minimum Gasteiger partial charge on any atom is -0.356 e. The molecular formula is C16H27N5O. The topological polar surface area (TPSA) is 78.4 Å². The molecule has 0 atom stereocenters. The lowest BCUT2D eigenvalue weighted by Gasteiger charge is -2.12. The summed E-state index contributed by atoms with van der Waals surface area (Å²) in [6, 6.07) is 3.49. The summed E-state index contributed by atoms with van der Waals surface area (Å²) in [5, 5.41) is 9.28. The number of hydrogen-bond acceptors (Lipinski definition) is 3. The first kappa shape index (κ1) is 17.9. The van der Waals surface area contributed by atoms with Crippen LogP contribution in [0.4, 0.5) is 0 Å². The first-order valence-electron chi connectivity index (χ1n) is 7.90. The smallest absolute Gasteiger partial charge is 0.252 e. The number of amides is 1. The second-order valence-corrected chi connectivity index (χ2v) is 4.98. The van der Waals surface area contributed by atoms with Gasteiger partial charge in [-0.2, -0.15) is 0 Å². The van der Waals surface area contributed by atoms with Gasteiger partial charge < -0.3 is 16.0 Å². The summed E-state index contributed by atoms with van der Waals surface area (Å²) in [5.74, 6) is 0.657. The van der Waals surface area contributed by atoms with Crippen molar-refractivity contribution in [2.24, 2.45) is 4.99 Å². The van der Waals surface area contributed by atoms with Crippen molar-refractivity contribution in [1.82, 2.24) is 20.9 Å². The van der Waals surface area contributed by atoms with E-state index in [0.717, 1.165) is 18.9 Å². The fraction of sp³-hybridized carbons (Fsp3) is 0.562. The molecule has 0 fully saturated rings. The van der Waals surface area contributed by atoms with Crippen LogP contribution in [-0.4, -0.2) is 43.5 Å². The standard InChI is InChI=1S/C16H27N5O/c1-3-4-5-6-10-20-16(17-2)21-12-11-19-15(22)14-8-7-9-18-13-14/h7-9,13H,3-6,10-12H2,1-2H3,(H,19,22)(H2,17,20,21). The molecule has 0 spiro atoms. The monoisotopic (exact) mass is 305 g/mol. The quantitative estimate of drug-likeness (QED) is 0.367. The number of guanidine groups is 1. The van der Waals surface area contributed by atoms with Crippen LogP contribution in [0.3, 0.4) is 0 Å². The highest BCUT2D eigenvalue weighted by molar-refractivity contribution is 5.93. The molecule has 122 valence electrons. The maximum Gasteiger partial charge on any atom is 0.252 e. The van der Waals surface area contributed by atoms with Crippen molar-refractivity contribution >= 4 is 11.9 Å². The van der Waals surface area contributed by atoms with Gasteiger partial charge >= 0.3 is 0 Å². The average Bonchev–Trinajstić information content (AvgIpc) is 2.57. The zero-order chi connectivity index (χ0) is 16.0. The van der Waals surface area contributed by atoms with Crippen molar-refractivity contribution in [3.8, 4) is 0 Å². The Balaban J connectivity index is 2.13. The van der Waals surface area contributed by atoms with Gasteiger partial charge in [0.2, 0.25) is 0 Å². The number of pyridine rings is 1. The molecule has 0 radical (unpaired) electrons. The number of nitrogens with one attached hydrogen (secondary N) is 3. The van der Waals surface area contributed by atoms with Crippen LogP contribution < -0.4 is 16.0 Å². The fourth-order valence-corrected chi connectivity index (χ4v) is 1.94. The Morgan fingerprint density at radius 2 is 1.91 bits per heavy atom. The van der Waals surface area contributed by atoms with E-state index < -0.39 is 0 Å². The normalized spacial score (nSPS) is 11.1. The number of carbonyl (C=O) groups is 1. The van der Waals surface area contributed by atoms with Crippen LogP contribution in [0.5, 0.6) is 0 Å². The lowest BCUT2D eigenvalue weighted by atomic mass is 10.2. The second kappa shape index (κ2) is 11.5. The first-order valence-corrected chi connectivity index (χ1v) is 7.90. The highest BCUT2D eigenvalue weighted by atomic mass is 16.1. The van der Waals surface area contributed by atoms with E-state index in [1.165, 1.54) is 19.3 Å². The SMILES string of the molecule is CCCCCCNC(=NC)NCCNC(=O)c1cccnc1. The molecule has 6 heteroatoms. The maximum atomic E-state index is 11.8. The van der Waals surface area contributed by atoms with Crippen LogP contribution >= 0.6 is 0 Å². The Morgan fingerprint density at radius 3 is 2.59 bits per heavy atom. The van der Waals surface area contributed by atoms with Crippen LogP contribution in [0.25, 0.3) is 0 Å². The maximum absolute atomic E-state index is 11.8. The highest BCUT2D eigenvalue weighted by Gasteiger charge is 2.03. The molecule has 0 aliphatic rings. The molecule has 3 N–H and O–H groups in total. The molecule has 1 rings (SSSR count). The van der Waals surface area contributed by atoms with Crippen LogP contribution in [0.1, 0.15) is 43.0 Å². The van der Waals surface area contributed by atoms with Gasteiger partial charge in [0.1, 0.15) is 0 Å². The van der Waals surface area contributed by atoms with Crippen LogP contribution in [-0.2, 0) is 0 Å². The van der Waals surface area contributed by atoms with E-state index in [4.69, 9.17) is 0 Å². The van der Waals surface area contributed by atoms with Gasteiger partial charge in [0.25, 0.3) is 5.91 Å². The Morgan fingerprint density at radius 1 is 1.14 bits per heavy atom. The molecule has 0 aliphatic carbocycles. The summed E-state index contributed by atoms with van der Waals surface area (Å²) >= 11 is 0. The summed E-state index contributed by atoms with van der Waals surface area (Å²) in [5.41, 5.74) is 0.570. The van der Waals surface area contributed by atoms with E-state index in [9.17, 15) is 4.79 Å². The number of rotatable bonds is 9. The van der Waals surface area contributed by atoms with Crippen molar-refractivity contribution < 1.29 is 4.79 Å². The first-order chi connectivity index (χ1) is 10.8. The van der Waals surface area contributed by atoms with Crippen molar-refractivity contribution in [1.29, 1.82) is 0 Å². The van der Waals surface area contributed by atoms with Gasteiger partial charge in [-0.25, -0.2) is 0 Å². The van der Waals surface area contributed by atoms with Crippen molar-refractivity contribution in [2.75, 3.05) is 26.7 Å². The summed E-state index contributed by atoms with van der Waals surface area (Å²) in [4.78, 5) is 19.9. The summed E-state index contributed by atoms with van der Waals surface area (Å²) in [7, 11) is 1.75. The lowest BCUT2D eigenvalue weighted by molar-refractivity contribution is 0.0954. The van der Waals surface area contributed by atoms with Gasteiger partial charge in [0.05, 0.1) is 5.56 Å². The van der Waals surface area contributed by atoms with Gasteiger partial charge in [-0.15, -0.1) is 0 Å². The van der Waals surface area contributed by atoms with Gasteiger partial charge in [0.15, 0.2) is 5.96 Å². The molecule has 1 heterocycles. The van der Waals surface area contributed by atoms with Crippen LogP contribution in [0.2, 0.25) is 0 Å². The third-order valence-electron chi connectivity index (χ3n) is 3.17. The van der Waals surface area contributed by atoms with Gasteiger partial charge in [0, 0.05) is 39.1 Å². The van der Waals surface area contributed by atoms with E-state index in [1.807, 2.05) is 0 Å². The zero-order valence-electron chi connectivity index (χ0n) is 13.6. The largest absolute Gasteiger partial charge is 0.356 e. The fourth-order valence-electron chi connectivity index (χ4n) is 1.94. The van der Waals surface area contributed by atoms with E-state index in [-0.39, 0.29) is 5.91 Å². The molecule has 1 aromatic heterocycles. The molecule has 0 saturated heterocycles. The van der Waals surface area contributed by atoms with E-state index >= 15 is 0 Å². The number of unbranched alkanes of at least 4 members (excludes halogenated alkanes) is 3. The van der Waals surface area contributed by atoms with Gasteiger partial charge in [-0.1, -0.05) is 26.2 Å².